The van der Waals surface area contributed by atoms with Crippen molar-refractivity contribution in [2.24, 2.45) is 0 Å². The van der Waals surface area contributed by atoms with Crippen molar-refractivity contribution < 1.29 is 0 Å². The number of aryl methyl sites for hydroxylation is 1. The number of aromatic nitrogens is 2. The number of nitrogens with one attached hydrogen (secondary N) is 1. The summed E-state index contributed by atoms with van der Waals surface area (Å²) in [6.45, 7) is 8.69. The molecule has 0 fully saturated rings. The predicted octanol–water partition coefficient (Wildman–Crippen LogP) is 2.83. The summed E-state index contributed by atoms with van der Waals surface area (Å²) in [7, 11) is 0. The first-order chi connectivity index (χ1) is 10.2. The average molecular weight is 285 g/mol. The third kappa shape index (κ3) is 3.62. The molecule has 0 aliphatic heterocycles. The first-order valence-corrected chi connectivity index (χ1v) is 7.30. The minimum atomic E-state index is 0.605. The molecule has 21 heavy (non-hydrogen) atoms. The fourth-order valence-electron chi connectivity index (χ4n) is 2.19. The van der Waals surface area contributed by atoms with Gasteiger partial charge in [0.15, 0.2) is 11.6 Å². The van der Waals surface area contributed by atoms with Gasteiger partial charge in [0, 0.05) is 19.6 Å². The van der Waals surface area contributed by atoms with Gasteiger partial charge in [-0.25, -0.2) is 9.97 Å². The van der Waals surface area contributed by atoms with Crippen LogP contribution in [0.3, 0.4) is 0 Å². The van der Waals surface area contributed by atoms with Crippen LogP contribution in [0.15, 0.2) is 30.6 Å². The monoisotopic (exact) mass is 285 g/mol. The number of nitrogen functional groups attached to an aromatic ring is 1. The summed E-state index contributed by atoms with van der Waals surface area (Å²) in [6, 6.07) is 8.40. The van der Waals surface area contributed by atoms with Crippen LogP contribution in [0.1, 0.15) is 25.0 Å². The molecule has 0 unspecified atom stereocenters. The van der Waals surface area contributed by atoms with Crippen molar-refractivity contribution in [1.29, 1.82) is 0 Å². The Hall–Kier alpha value is -2.30. The van der Waals surface area contributed by atoms with Crippen LogP contribution in [0.4, 0.5) is 17.3 Å². The summed E-state index contributed by atoms with van der Waals surface area (Å²) >= 11 is 0. The van der Waals surface area contributed by atoms with Crippen molar-refractivity contribution in [3.05, 3.63) is 41.7 Å². The molecule has 0 aliphatic carbocycles. The van der Waals surface area contributed by atoms with Crippen LogP contribution < -0.4 is 16.0 Å². The van der Waals surface area contributed by atoms with E-state index in [2.05, 4.69) is 65.2 Å². The van der Waals surface area contributed by atoms with Crippen LogP contribution in [0.25, 0.3) is 0 Å². The number of hydrogen-bond acceptors (Lipinski definition) is 5. The van der Waals surface area contributed by atoms with E-state index >= 15 is 0 Å². The molecule has 112 valence electrons. The summed E-state index contributed by atoms with van der Waals surface area (Å²) in [4.78, 5) is 10.7. The van der Waals surface area contributed by atoms with Gasteiger partial charge in [-0.3, -0.25) is 0 Å². The van der Waals surface area contributed by atoms with E-state index in [-0.39, 0.29) is 0 Å². The first kappa shape index (κ1) is 15.1. The highest BCUT2D eigenvalue weighted by Gasteiger charge is 2.12. The molecule has 0 amide bonds. The van der Waals surface area contributed by atoms with Crippen molar-refractivity contribution in [1.82, 2.24) is 9.97 Å². The molecule has 0 saturated heterocycles. The van der Waals surface area contributed by atoms with Gasteiger partial charge in [0.05, 0.1) is 0 Å². The Morgan fingerprint density at radius 1 is 1.10 bits per heavy atom. The van der Waals surface area contributed by atoms with E-state index in [0.717, 1.165) is 18.9 Å². The number of nitrogens with two attached hydrogens (primary N) is 1. The smallest absolute Gasteiger partial charge is 0.157 e. The molecule has 1 aromatic carbocycles. The van der Waals surface area contributed by atoms with Gasteiger partial charge in [-0.1, -0.05) is 29.8 Å². The van der Waals surface area contributed by atoms with E-state index in [0.29, 0.717) is 18.1 Å². The predicted molar refractivity (Wildman–Crippen MR) is 88.5 cm³/mol. The van der Waals surface area contributed by atoms with Gasteiger partial charge < -0.3 is 16.0 Å². The minimum absolute atomic E-state index is 0.605. The van der Waals surface area contributed by atoms with E-state index in [9.17, 15) is 0 Å². The second-order valence-electron chi connectivity index (χ2n) is 4.97. The Morgan fingerprint density at radius 2 is 1.76 bits per heavy atom. The fraction of sp³-hybridized carbons (Fsp3) is 0.375. The summed E-state index contributed by atoms with van der Waals surface area (Å²) in [5.74, 6) is 1.48. The van der Waals surface area contributed by atoms with Crippen LogP contribution in [0, 0.1) is 6.92 Å². The Morgan fingerprint density at radius 3 is 2.38 bits per heavy atom. The molecule has 5 heteroatoms. The highest BCUT2D eigenvalue weighted by Crippen LogP contribution is 2.26. The molecule has 3 N–H and O–H groups in total. The maximum atomic E-state index is 6.19. The van der Waals surface area contributed by atoms with Gasteiger partial charge in [0.1, 0.15) is 12.0 Å². The van der Waals surface area contributed by atoms with Crippen LogP contribution in [-0.2, 0) is 6.54 Å². The Balaban J connectivity index is 2.13. The third-order valence-electron chi connectivity index (χ3n) is 3.51. The average Bonchev–Trinajstić information content (AvgIpc) is 2.50. The Bertz CT molecular complexity index is 576. The summed E-state index contributed by atoms with van der Waals surface area (Å²) in [5.41, 5.74) is 9.25. The second-order valence-corrected chi connectivity index (χ2v) is 4.97. The van der Waals surface area contributed by atoms with Gasteiger partial charge in [-0.05, 0) is 26.3 Å². The number of benzene rings is 1. The van der Waals surface area contributed by atoms with E-state index < -0.39 is 0 Å². The van der Waals surface area contributed by atoms with Crippen molar-refractivity contribution >= 4 is 17.3 Å². The summed E-state index contributed by atoms with van der Waals surface area (Å²) in [6.07, 6.45) is 1.56. The second kappa shape index (κ2) is 6.92. The molecule has 2 rings (SSSR count). The molecule has 0 bridgehead atoms. The molecular weight excluding hydrogens is 262 g/mol. The molecule has 0 spiro atoms. The van der Waals surface area contributed by atoms with Crippen LogP contribution in [0.5, 0.6) is 0 Å². The van der Waals surface area contributed by atoms with Gasteiger partial charge in [0.25, 0.3) is 0 Å². The van der Waals surface area contributed by atoms with Crippen LogP contribution in [0.2, 0.25) is 0 Å². The van der Waals surface area contributed by atoms with Crippen molar-refractivity contribution in [3.8, 4) is 0 Å². The van der Waals surface area contributed by atoms with Crippen molar-refractivity contribution in [3.63, 3.8) is 0 Å². The largest absolute Gasteiger partial charge is 0.393 e. The number of rotatable bonds is 6. The maximum absolute atomic E-state index is 6.19. The number of nitrogens with zero attached hydrogens (tertiary/aromatic N) is 3. The minimum Gasteiger partial charge on any atom is -0.393 e. The summed E-state index contributed by atoms with van der Waals surface area (Å²) in [5, 5.41) is 3.29. The highest BCUT2D eigenvalue weighted by molar-refractivity contribution is 5.74. The van der Waals surface area contributed by atoms with Gasteiger partial charge >= 0.3 is 0 Å². The molecule has 5 nitrogen and oxygen atoms in total. The molecule has 2 aromatic rings. The van der Waals surface area contributed by atoms with E-state index in [1.54, 1.807) is 6.33 Å². The maximum Gasteiger partial charge on any atom is 0.157 e. The lowest BCUT2D eigenvalue weighted by Gasteiger charge is -2.22. The first-order valence-electron chi connectivity index (χ1n) is 7.30. The van der Waals surface area contributed by atoms with E-state index in [4.69, 9.17) is 5.73 Å². The quantitative estimate of drug-likeness (QED) is 0.854. The van der Waals surface area contributed by atoms with Crippen molar-refractivity contribution in [2.45, 2.75) is 27.3 Å². The SMILES string of the molecule is CCN(CC)c1ncnc(NCc2ccc(C)cc2)c1N. The normalized spacial score (nSPS) is 10.4. The zero-order valence-corrected chi connectivity index (χ0v) is 12.9. The van der Waals surface area contributed by atoms with Crippen molar-refractivity contribution in [2.75, 3.05) is 29.0 Å². The van der Waals surface area contributed by atoms with Gasteiger partial charge in [0.2, 0.25) is 0 Å². The molecule has 0 atom stereocenters. The standard InChI is InChI=1S/C16H23N5/c1-4-21(5-2)16-14(17)15(19-11-20-16)18-10-13-8-6-12(3)7-9-13/h6-9,11H,4-5,10,17H2,1-3H3,(H,18,19,20). The highest BCUT2D eigenvalue weighted by atomic mass is 15.2. The van der Waals surface area contributed by atoms with Gasteiger partial charge in [-0.2, -0.15) is 0 Å². The lowest BCUT2D eigenvalue weighted by molar-refractivity contribution is 0.843. The Labute approximate surface area is 126 Å². The molecular formula is C16H23N5. The fourth-order valence-corrected chi connectivity index (χ4v) is 2.19. The molecule has 0 radical (unpaired) electrons. The van der Waals surface area contributed by atoms with Gasteiger partial charge in [-0.15, -0.1) is 0 Å². The van der Waals surface area contributed by atoms with Crippen LogP contribution >= 0.6 is 0 Å². The number of hydrogen-bond donors (Lipinski definition) is 2. The third-order valence-corrected chi connectivity index (χ3v) is 3.51. The zero-order valence-electron chi connectivity index (χ0n) is 12.9. The zero-order chi connectivity index (χ0) is 15.2. The summed E-state index contributed by atoms with van der Waals surface area (Å²) < 4.78 is 0. The lowest BCUT2D eigenvalue weighted by Crippen LogP contribution is -2.24. The lowest BCUT2D eigenvalue weighted by atomic mass is 10.1. The van der Waals surface area contributed by atoms with E-state index in [1.165, 1.54) is 11.1 Å². The molecule has 0 aliphatic rings. The molecule has 1 heterocycles. The molecule has 0 saturated carbocycles. The Kier molecular flexibility index (Phi) is 4.98. The van der Waals surface area contributed by atoms with Crippen LogP contribution in [-0.4, -0.2) is 23.1 Å². The van der Waals surface area contributed by atoms with E-state index in [1.807, 2.05) is 0 Å². The molecule has 1 aromatic heterocycles. The topological polar surface area (TPSA) is 67.1 Å². The number of anilines is 3.